The highest BCUT2D eigenvalue weighted by atomic mass is 15.1. The Hall–Kier alpha value is -0.0800. The van der Waals surface area contributed by atoms with Gasteiger partial charge in [0.2, 0.25) is 0 Å². The van der Waals surface area contributed by atoms with Crippen LogP contribution in [0, 0.1) is 5.92 Å². The average Bonchev–Trinajstić information content (AvgIpc) is 2.22. The molecule has 1 aliphatic rings. The molecule has 1 rings (SSSR count). The molecule has 1 N–H and O–H groups in total. The largest absolute Gasteiger partial charge is 0.314 e. The topological polar surface area (TPSA) is 15.3 Å². The third kappa shape index (κ3) is 3.97. The maximum Gasteiger partial charge on any atom is 0.00619 e. The zero-order valence-corrected chi connectivity index (χ0v) is 10.1. The molecule has 0 atom stereocenters. The van der Waals surface area contributed by atoms with Gasteiger partial charge >= 0.3 is 0 Å². The summed E-state index contributed by atoms with van der Waals surface area (Å²) in [5.41, 5.74) is 0. The van der Waals surface area contributed by atoms with Gasteiger partial charge in [0, 0.05) is 6.04 Å². The fourth-order valence-electron chi connectivity index (χ4n) is 2.18. The Balaban J connectivity index is 2.12. The zero-order chi connectivity index (χ0) is 10.4. The second-order valence-electron chi connectivity index (χ2n) is 4.67. The molecule has 1 heterocycles. The van der Waals surface area contributed by atoms with Crippen molar-refractivity contribution in [3.05, 3.63) is 0 Å². The molecule has 84 valence electrons. The summed E-state index contributed by atoms with van der Waals surface area (Å²) < 4.78 is 0. The summed E-state index contributed by atoms with van der Waals surface area (Å²) in [4.78, 5) is 2.44. The minimum absolute atomic E-state index is 0.745. The highest BCUT2D eigenvalue weighted by Crippen LogP contribution is 2.15. The third-order valence-electron chi connectivity index (χ3n) is 3.52. The van der Waals surface area contributed by atoms with E-state index in [1.54, 1.807) is 0 Å². The Morgan fingerprint density at radius 3 is 2.29 bits per heavy atom. The summed E-state index contributed by atoms with van der Waals surface area (Å²) in [5, 5.41) is 3.69. The molecule has 1 aliphatic heterocycles. The molecule has 0 saturated carbocycles. The van der Waals surface area contributed by atoms with Crippen LogP contribution >= 0.6 is 0 Å². The molecule has 0 aliphatic carbocycles. The molecule has 14 heavy (non-hydrogen) atoms. The van der Waals surface area contributed by atoms with Crippen LogP contribution in [0.15, 0.2) is 0 Å². The van der Waals surface area contributed by atoms with Crippen LogP contribution in [-0.4, -0.2) is 37.6 Å². The minimum Gasteiger partial charge on any atom is -0.314 e. The normalized spacial score (nSPS) is 20.6. The molecular formula is C12H26N2. The first-order valence-corrected chi connectivity index (χ1v) is 6.18. The molecule has 2 heteroatoms. The predicted molar refractivity (Wildman–Crippen MR) is 62.6 cm³/mol. The molecule has 0 bridgehead atoms. The molecule has 1 fully saturated rings. The van der Waals surface area contributed by atoms with Gasteiger partial charge in [-0.05, 0) is 58.3 Å². The summed E-state index contributed by atoms with van der Waals surface area (Å²) in [7, 11) is 2.23. The van der Waals surface area contributed by atoms with E-state index in [-0.39, 0.29) is 0 Å². The lowest BCUT2D eigenvalue weighted by molar-refractivity contribution is 0.212. The van der Waals surface area contributed by atoms with Gasteiger partial charge in [0.05, 0.1) is 0 Å². The predicted octanol–water partition coefficient (Wildman–Crippen LogP) is 2.11. The van der Waals surface area contributed by atoms with Gasteiger partial charge in [-0.1, -0.05) is 13.8 Å². The van der Waals surface area contributed by atoms with E-state index in [1.165, 1.54) is 45.3 Å². The van der Waals surface area contributed by atoms with Crippen molar-refractivity contribution >= 4 is 0 Å². The van der Waals surface area contributed by atoms with Crippen LogP contribution in [0.4, 0.5) is 0 Å². The Morgan fingerprint density at radius 2 is 1.79 bits per heavy atom. The number of nitrogens with zero attached hydrogens (tertiary/aromatic N) is 1. The van der Waals surface area contributed by atoms with Crippen LogP contribution in [0.5, 0.6) is 0 Å². The third-order valence-corrected chi connectivity index (χ3v) is 3.52. The van der Waals surface area contributed by atoms with Crippen molar-refractivity contribution in [3.63, 3.8) is 0 Å². The van der Waals surface area contributed by atoms with Gasteiger partial charge in [0.1, 0.15) is 0 Å². The van der Waals surface area contributed by atoms with E-state index in [0.29, 0.717) is 0 Å². The number of piperidine rings is 1. The first kappa shape index (κ1) is 12.0. The van der Waals surface area contributed by atoms with E-state index in [2.05, 4.69) is 31.1 Å². The molecule has 2 nitrogen and oxygen atoms in total. The van der Waals surface area contributed by atoms with Crippen LogP contribution in [0.3, 0.4) is 0 Å². The lowest BCUT2D eigenvalue weighted by Gasteiger charge is -2.30. The highest BCUT2D eigenvalue weighted by molar-refractivity contribution is 4.73. The molecule has 0 spiro atoms. The van der Waals surface area contributed by atoms with E-state index in [0.717, 1.165) is 12.0 Å². The molecule has 0 radical (unpaired) electrons. The zero-order valence-electron chi connectivity index (χ0n) is 10.1. The molecule has 0 aromatic heterocycles. The minimum atomic E-state index is 0.745. The van der Waals surface area contributed by atoms with Crippen molar-refractivity contribution in [3.8, 4) is 0 Å². The Labute approximate surface area is 89.1 Å². The second kappa shape index (κ2) is 6.41. The van der Waals surface area contributed by atoms with Crippen molar-refractivity contribution in [2.45, 2.75) is 45.6 Å². The lowest BCUT2D eigenvalue weighted by atomic mass is 9.96. The maximum atomic E-state index is 3.69. The second-order valence-corrected chi connectivity index (χ2v) is 4.67. The summed E-state index contributed by atoms with van der Waals surface area (Å²) in [6, 6.07) is 0.745. The van der Waals surface area contributed by atoms with E-state index in [4.69, 9.17) is 0 Å². The van der Waals surface area contributed by atoms with Crippen molar-refractivity contribution in [1.29, 1.82) is 0 Å². The van der Waals surface area contributed by atoms with Crippen molar-refractivity contribution in [2.75, 3.05) is 26.7 Å². The van der Waals surface area contributed by atoms with Gasteiger partial charge in [0.25, 0.3) is 0 Å². The van der Waals surface area contributed by atoms with Crippen LogP contribution in [0.2, 0.25) is 0 Å². The van der Waals surface area contributed by atoms with Gasteiger partial charge in [0.15, 0.2) is 0 Å². The van der Waals surface area contributed by atoms with Gasteiger partial charge < -0.3 is 10.2 Å². The van der Waals surface area contributed by atoms with Crippen molar-refractivity contribution in [2.24, 2.45) is 5.92 Å². The standard InChI is InChI=1S/C12H26N2/c1-4-12(5-2)13-10-11-6-8-14(3)9-7-11/h11-13H,4-10H2,1-3H3. The van der Waals surface area contributed by atoms with Crippen molar-refractivity contribution in [1.82, 2.24) is 10.2 Å². The maximum absolute atomic E-state index is 3.69. The summed E-state index contributed by atoms with van der Waals surface area (Å²) in [6.45, 7) is 8.36. The van der Waals surface area contributed by atoms with Gasteiger partial charge in [-0.2, -0.15) is 0 Å². The quantitative estimate of drug-likeness (QED) is 0.728. The van der Waals surface area contributed by atoms with E-state index in [1.807, 2.05) is 0 Å². The fraction of sp³-hybridized carbons (Fsp3) is 1.00. The number of likely N-dealkylation sites (tertiary alicyclic amines) is 1. The van der Waals surface area contributed by atoms with E-state index in [9.17, 15) is 0 Å². The van der Waals surface area contributed by atoms with Crippen LogP contribution in [0.1, 0.15) is 39.5 Å². The molecule has 1 saturated heterocycles. The van der Waals surface area contributed by atoms with Gasteiger partial charge in [-0.25, -0.2) is 0 Å². The first-order chi connectivity index (χ1) is 6.76. The SMILES string of the molecule is CCC(CC)NCC1CCN(C)CC1. The van der Waals surface area contributed by atoms with Crippen molar-refractivity contribution < 1.29 is 0 Å². The van der Waals surface area contributed by atoms with Crippen LogP contribution < -0.4 is 5.32 Å². The number of rotatable bonds is 5. The van der Waals surface area contributed by atoms with Crippen LogP contribution in [-0.2, 0) is 0 Å². The Bertz CT molecular complexity index is 135. The Morgan fingerprint density at radius 1 is 1.21 bits per heavy atom. The van der Waals surface area contributed by atoms with Gasteiger partial charge in [-0.15, -0.1) is 0 Å². The van der Waals surface area contributed by atoms with E-state index >= 15 is 0 Å². The average molecular weight is 198 g/mol. The summed E-state index contributed by atoms with van der Waals surface area (Å²) in [6.07, 6.45) is 5.29. The summed E-state index contributed by atoms with van der Waals surface area (Å²) in [5.74, 6) is 0.923. The first-order valence-electron chi connectivity index (χ1n) is 6.18. The number of nitrogens with one attached hydrogen (secondary N) is 1. The molecule has 0 unspecified atom stereocenters. The fourth-order valence-corrected chi connectivity index (χ4v) is 2.18. The molecule has 0 amide bonds. The van der Waals surface area contributed by atoms with Gasteiger partial charge in [-0.3, -0.25) is 0 Å². The smallest absolute Gasteiger partial charge is 0.00619 e. The highest BCUT2D eigenvalue weighted by Gasteiger charge is 2.16. The van der Waals surface area contributed by atoms with E-state index < -0.39 is 0 Å². The molecule has 0 aromatic carbocycles. The van der Waals surface area contributed by atoms with Crippen LogP contribution in [0.25, 0.3) is 0 Å². The monoisotopic (exact) mass is 198 g/mol. The molecular weight excluding hydrogens is 172 g/mol. The lowest BCUT2D eigenvalue weighted by Crippen LogP contribution is -2.38. The molecule has 0 aromatic rings. The number of hydrogen-bond donors (Lipinski definition) is 1. The number of hydrogen-bond acceptors (Lipinski definition) is 2. The Kier molecular flexibility index (Phi) is 5.49. The summed E-state index contributed by atoms with van der Waals surface area (Å²) >= 11 is 0.